The molecule has 0 aliphatic carbocycles. The lowest BCUT2D eigenvalue weighted by molar-refractivity contribution is 0.0939. The van der Waals surface area contributed by atoms with Crippen molar-refractivity contribution in [3.05, 3.63) is 57.9 Å². The first kappa shape index (κ1) is 15.0. The van der Waals surface area contributed by atoms with Gasteiger partial charge >= 0.3 is 0 Å². The second-order valence-electron chi connectivity index (χ2n) is 5.45. The monoisotopic (exact) mass is 311 g/mol. The molecule has 7 nitrogen and oxygen atoms in total. The van der Waals surface area contributed by atoms with Crippen LogP contribution in [0.2, 0.25) is 0 Å². The van der Waals surface area contributed by atoms with Gasteiger partial charge in [0.05, 0.1) is 17.1 Å². The molecule has 0 aliphatic rings. The summed E-state index contributed by atoms with van der Waals surface area (Å²) in [6.07, 6.45) is 1.39. The quantitative estimate of drug-likeness (QED) is 0.766. The zero-order valence-electron chi connectivity index (χ0n) is 13.1. The van der Waals surface area contributed by atoms with Gasteiger partial charge in [-0.25, -0.2) is 4.98 Å². The van der Waals surface area contributed by atoms with Gasteiger partial charge in [-0.3, -0.25) is 14.7 Å². The number of rotatable bonds is 3. The molecule has 3 rings (SSSR count). The number of aromatic amines is 1. The molecule has 2 aromatic heterocycles. The van der Waals surface area contributed by atoms with Crippen molar-refractivity contribution in [2.24, 2.45) is 7.05 Å². The molecule has 1 amide bonds. The van der Waals surface area contributed by atoms with E-state index in [0.29, 0.717) is 17.0 Å². The second kappa shape index (κ2) is 5.68. The van der Waals surface area contributed by atoms with Crippen LogP contribution in [0.5, 0.6) is 0 Å². The molecule has 23 heavy (non-hydrogen) atoms. The summed E-state index contributed by atoms with van der Waals surface area (Å²) in [5.41, 5.74) is 1.37. The number of nitrogens with one attached hydrogen (secondary N) is 2. The minimum atomic E-state index is -0.341. The predicted molar refractivity (Wildman–Crippen MR) is 86.2 cm³/mol. The topological polar surface area (TPSA) is 92.7 Å². The summed E-state index contributed by atoms with van der Waals surface area (Å²) in [5, 5.41) is 10.1. The highest BCUT2D eigenvalue weighted by Crippen LogP contribution is 2.20. The molecule has 0 radical (unpaired) electrons. The molecule has 2 N–H and O–H groups in total. The third-order valence-corrected chi connectivity index (χ3v) is 3.95. The number of hydrogen-bond donors (Lipinski definition) is 2. The van der Waals surface area contributed by atoms with Crippen molar-refractivity contribution in [1.29, 1.82) is 0 Å². The lowest BCUT2D eigenvalue weighted by Gasteiger charge is -2.16. The van der Waals surface area contributed by atoms with Crippen molar-refractivity contribution in [2.75, 3.05) is 0 Å². The molecule has 3 aromatic rings. The first-order valence-corrected chi connectivity index (χ1v) is 7.25. The number of carbonyl (C=O) groups excluding carboxylic acids is 1. The highest BCUT2D eigenvalue weighted by Gasteiger charge is 2.20. The number of carbonyl (C=O) groups is 1. The summed E-state index contributed by atoms with van der Waals surface area (Å²) >= 11 is 0. The SMILES string of the molecule is Cc1c(C(=O)NC(C)c2ncn[nH]2)c2ccccc2n(C)c1=O. The van der Waals surface area contributed by atoms with Crippen molar-refractivity contribution in [3.63, 3.8) is 0 Å². The number of H-pyrrole nitrogens is 1. The lowest BCUT2D eigenvalue weighted by atomic mass is 10.0. The van der Waals surface area contributed by atoms with Crippen LogP contribution in [0.4, 0.5) is 0 Å². The Bertz CT molecular complexity index is 928. The standard InChI is InChI=1S/C16H17N5O2/c1-9-13(15(22)19-10(2)14-17-8-18-20-14)11-6-4-5-7-12(11)21(3)16(9)23/h4-8,10H,1-3H3,(H,19,22)(H,17,18,20). The van der Waals surface area contributed by atoms with Gasteiger partial charge in [-0.2, -0.15) is 5.10 Å². The van der Waals surface area contributed by atoms with E-state index in [1.807, 2.05) is 24.3 Å². The number of hydrogen-bond acceptors (Lipinski definition) is 4. The fraction of sp³-hybridized carbons (Fsp3) is 0.250. The van der Waals surface area contributed by atoms with Crippen LogP contribution in [0.3, 0.4) is 0 Å². The predicted octanol–water partition coefficient (Wildman–Crippen LogP) is 1.46. The van der Waals surface area contributed by atoms with E-state index >= 15 is 0 Å². The zero-order valence-corrected chi connectivity index (χ0v) is 13.1. The molecule has 1 aromatic carbocycles. The Balaban J connectivity index is 2.09. The van der Waals surface area contributed by atoms with Gasteiger partial charge in [-0.05, 0) is 19.9 Å². The minimum absolute atomic E-state index is 0.179. The van der Waals surface area contributed by atoms with E-state index in [9.17, 15) is 9.59 Å². The molecule has 0 bridgehead atoms. The van der Waals surface area contributed by atoms with Crippen LogP contribution in [0, 0.1) is 6.92 Å². The fourth-order valence-electron chi connectivity index (χ4n) is 2.70. The van der Waals surface area contributed by atoms with Crippen LogP contribution < -0.4 is 10.9 Å². The van der Waals surface area contributed by atoms with E-state index in [0.717, 1.165) is 10.9 Å². The summed E-state index contributed by atoms with van der Waals surface area (Å²) in [6.45, 7) is 3.47. The number of aryl methyl sites for hydroxylation is 1. The Labute approximate surface area is 132 Å². The Morgan fingerprint density at radius 1 is 1.35 bits per heavy atom. The Kier molecular flexibility index (Phi) is 3.69. The summed E-state index contributed by atoms with van der Waals surface area (Å²) < 4.78 is 1.56. The van der Waals surface area contributed by atoms with Crippen LogP contribution in [0.25, 0.3) is 10.9 Å². The van der Waals surface area contributed by atoms with Crippen molar-refractivity contribution < 1.29 is 4.79 Å². The molecule has 0 saturated heterocycles. The van der Waals surface area contributed by atoms with E-state index < -0.39 is 0 Å². The summed E-state index contributed by atoms with van der Waals surface area (Å²) in [7, 11) is 1.70. The van der Waals surface area contributed by atoms with Gasteiger partial charge in [0.15, 0.2) is 0 Å². The number of amides is 1. The fourth-order valence-corrected chi connectivity index (χ4v) is 2.70. The maximum atomic E-state index is 12.7. The Hall–Kier alpha value is -2.96. The molecule has 1 atom stereocenters. The van der Waals surface area contributed by atoms with E-state index in [1.54, 1.807) is 25.5 Å². The van der Waals surface area contributed by atoms with Gasteiger partial charge in [-0.1, -0.05) is 18.2 Å². The second-order valence-corrected chi connectivity index (χ2v) is 5.45. The van der Waals surface area contributed by atoms with Gasteiger partial charge in [0.1, 0.15) is 12.2 Å². The van der Waals surface area contributed by atoms with Crippen molar-refractivity contribution >= 4 is 16.8 Å². The van der Waals surface area contributed by atoms with Gasteiger partial charge in [0, 0.05) is 18.0 Å². The highest BCUT2D eigenvalue weighted by atomic mass is 16.2. The molecule has 2 heterocycles. The van der Waals surface area contributed by atoms with E-state index in [-0.39, 0.29) is 17.5 Å². The molecule has 0 spiro atoms. The van der Waals surface area contributed by atoms with E-state index in [4.69, 9.17) is 0 Å². The van der Waals surface area contributed by atoms with Gasteiger partial charge in [0.25, 0.3) is 11.5 Å². The smallest absolute Gasteiger partial charge is 0.254 e. The third-order valence-electron chi connectivity index (χ3n) is 3.95. The summed E-state index contributed by atoms with van der Waals surface area (Å²) in [5.74, 6) is 0.254. The van der Waals surface area contributed by atoms with Crippen LogP contribution in [-0.2, 0) is 7.05 Å². The summed E-state index contributed by atoms with van der Waals surface area (Å²) in [4.78, 5) is 29.1. The van der Waals surface area contributed by atoms with Crippen LogP contribution in [0.15, 0.2) is 35.4 Å². The maximum Gasteiger partial charge on any atom is 0.254 e. The Morgan fingerprint density at radius 3 is 2.78 bits per heavy atom. The van der Waals surface area contributed by atoms with E-state index in [2.05, 4.69) is 20.5 Å². The molecular weight excluding hydrogens is 294 g/mol. The number of pyridine rings is 1. The third kappa shape index (κ3) is 2.50. The molecule has 0 saturated carbocycles. The number of para-hydroxylation sites is 1. The number of nitrogens with zero attached hydrogens (tertiary/aromatic N) is 3. The molecule has 118 valence electrons. The highest BCUT2D eigenvalue weighted by molar-refractivity contribution is 6.07. The average molecular weight is 311 g/mol. The largest absolute Gasteiger partial charge is 0.342 e. The van der Waals surface area contributed by atoms with Gasteiger partial charge in [0.2, 0.25) is 0 Å². The first-order valence-electron chi connectivity index (χ1n) is 7.25. The number of aromatic nitrogens is 4. The molecule has 1 unspecified atom stereocenters. The maximum absolute atomic E-state index is 12.7. The van der Waals surface area contributed by atoms with Crippen LogP contribution >= 0.6 is 0 Å². The Morgan fingerprint density at radius 2 is 2.09 bits per heavy atom. The van der Waals surface area contributed by atoms with Gasteiger partial charge in [-0.15, -0.1) is 0 Å². The average Bonchev–Trinajstić information content (AvgIpc) is 3.07. The lowest BCUT2D eigenvalue weighted by Crippen LogP contribution is -2.31. The summed E-state index contributed by atoms with van der Waals surface area (Å²) in [6, 6.07) is 7.02. The minimum Gasteiger partial charge on any atom is -0.342 e. The number of benzene rings is 1. The zero-order chi connectivity index (χ0) is 16.6. The first-order chi connectivity index (χ1) is 11.0. The molecule has 7 heteroatoms. The van der Waals surface area contributed by atoms with E-state index in [1.165, 1.54) is 6.33 Å². The normalized spacial score (nSPS) is 12.3. The molecule has 0 aliphatic heterocycles. The molecular formula is C16H17N5O2. The van der Waals surface area contributed by atoms with Crippen LogP contribution in [-0.4, -0.2) is 25.7 Å². The van der Waals surface area contributed by atoms with Crippen LogP contribution in [0.1, 0.15) is 34.7 Å². The molecule has 0 fully saturated rings. The number of fused-ring (bicyclic) bond motifs is 1. The van der Waals surface area contributed by atoms with Crippen molar-refractivity contribution in [2.45, 2.75) is 19.9 Å². The van der Waals surface area contributed by atoms with Crippen molar-refractivity contribution in [3.8, 4) is 0 Å². The van der Waals surface area contributed by atoms with Crippen molar-refractivity contribution in [1.82, 2.24) is 25.1 Å². The van der Waals surface area contributed by atoms with Gasteiger partial charge < -0.3 is 9.88 Å².